The summed E-state index contributed by atoms with van der Waals surface area (Å²) in [6.45, 7) is 3.02. The summed E-state index contributed by atoms with van der Waals surface area (Å²) in [6, 6.07) is 9.53. The molecule has 0 bridgehead atoms. The van der Waals surface area contributed by atoms with Gasteiger partial charge in [-0.3, -0.25) is 9.52 Å². The fraction of sp³-hybridized carbons (Fsp3) is 0.235. The third-order valence-corrected chi connectivity index (χ3v) is 4.78. The van der Waals surface area contributed by atoms with E-state index < -0.39 is 27.9 Å². The zero-order valence-corrected chi connectivity index (χ0v) is 14.6. The van der Waals surface area contributed by atoms with Crippen molar-refractivity contribution in [3.05, 3.63) is 59.4 Å². The molecule has 25 heavy (non-hydrogen) atoms. The Morgan fingerprint density at radius 3 is 2.56 bits per heavy atom. The molecule has 0 saturated carbocycles. The van der Waals surface area contributed by atoms with Crippen LogP contribution in [-0.4, -0.2) is 32.1 Å². The number of carbonyl (C=O) groups excluding carboxylic acids is 1. The van der Waals surface area contributed by atoms with E-state index in [0.29, 0.717) is 0 Å². The quantitative estimate of drug-likeness (QED) is 0.729. The second kappa shape index (κ2) is 7.62. The van der Waals surface area contributed by atoms with Crippen LogP contribution in [0.5, 0.6) is 0 Å². The number of hydrogen-bond acceptors (Lipinski definition) is 4. The number of para-hydroxylation sites is 1. The van der Waals surface area contributed by atoms with Crippen LogP contribution in [0.3, 0.4) is 0 Å². The van der Waals surface area contributed by atoms with Crippen LogP contribution in [-0.2, 0) is 10.0 Å². The average Bonchev–Trinajstić information content (AvgIpc) is 2.55. The van der Waals surface area contributed by atoms with Gasteiger partial charge in [-0.1, -0.05) is 12.1 Å². The number of hydrogen-bond donors (Lipinski definition) is 3. The minimum Gasteiger partial charge on any atom is -0.392 e. The monoisotopic (exact) mass is 366 g/mol. The van der Waals surface area contributed by atoms with Crippen molar-refractivity contribution >= 4 is 21.6 Å². The second-order valence-corrected chi connectivity index (χ2v) is 7.30. The molecule has 1 atom stereocenters. The maximum Gasteiger partial charge on any atom is 0.261 e. The lowest BCUT2D eigenvalue weighted by molar-refractivity contribution is 0.0925. The first kappa shape index (κ1) is 18.9. The number of aliphatic hydroxyl groups is 1. The third kappa shape index (κ3) is 4.77. The maximum atomic E-state index is 13.3. The highest BCUT2D eigenvalue weighted by molar-refractivity contribution is 7.92. The summed E-state index contributed by atoms with van der Waals surface area (Å²) in [5.41, 5.74) is 0.406. The topological polar surface area (TPSA) is 95.5 Å². The summed E-state index contributed by atoms with van der Waals surface area (Å²) < 4.78 is 40.7. The molecule has 0 spiro atoms. The van der Waals surface area contributed by atoms with Gasteiger partial charge in [-0.05, 0) is 49.7 Å². The van der Waals surface area contributed by atoms with E-state index in [9.17, 15) is 22.7 Å². The first-order valence-corrected chi connectivity index (χ1v) is 9.03. The summed E-state index contributed by atoms with van der Waals surface area (Å²) in [5, 5.41) is 11.8. The Labute approximate surface area is 145 Å². The molecule has 2 aromatic rings. The van der Waals surface area contributed by atoms with E-state index in [1.165, 1.54) is 32.0 Å². The van der Waals surface area contributed by atoms with Gasteiger partial charge in [0, 0.05) is 6.54 Å². The number of carbonyl (C=O) groups is 1. The number of halogens is 1. The molecule has 0 aliphatic carbocycles. The highest BCUT2D eigenvalue weighted by Gasteiger charge is 2.19. The van der Waals surface area contributed by atoms with Crippen LogP contribution in [0.25, 0.3) is 0 Å². The summed E-state index contributed by atoms with van der Waals surface area (Å²) >= 11 is 0. The van der Waals surface area contributed by atoms with Crippen LogP contribution in [0.1, 0.15) is 22.8 Å². The van der Waals surface area contributed by atoms with Gasteiger partial charge < -0.3 is 10.4 Å². The number of aliphatic hydroxyl groups excluding tert-OH is 1. The third-order valence-electron chi connectivity index (χ3n) is 3.41. The number of amides is 1. The molecule has 0 heterocycles. The standard InChI is InChI=1S/C17H19FN2O4S/c1-11-9-13(7-8-15(11)18)25(23,24)20-16-6-4-3-5-14(16)17(22)19-10-12(2)21/h3-9,12,20-21H,10H2,1-2H3,(H,19,22). The molecule has 6 nitrogen and oxygen atoms in total. The van der Waals surface area contributed by atoms with Crippen molar-refractivity contribution in [2.45, 2.75) is 24.8 Å². The predicted octanol–water partition coefficient (Wildman–Crippen LogP) is 2.05. The Bertz CT molecular complexity index is 882. The van der Waals surface area contributed by atoms with E-state index in [0.717, 1.165) is 12.1 Å². The zero-order chi connectivity index (χ0) is 18.6. The smallest absolute Gasteiger partial charge is 0.261 e. The van der Waals surface area contributed by atoms with Gasteiger partial charge in [0.2, 0.25) is 0 Å². The van der Waals surface area contributed by atoms with Gasteiger partial charge in [0.1, 0.15) is 5.82 Å². The molecule has 8 heteroatoms. The maximum absolute atomic E-state index is 13.3. The molecule has 0 aromatic heterocycles. The fourth-order valence-corrected chi connectivity index (χ4v) is 3.26. The van der Waals surface area contributed by atoms with E-state index in [1.54, 1.807) is 12.1 Å². The largest absolute Gasteiger partial charge is 0.392 e. The lowest BCUT2D eigenvalue weighted by atomic mass is 10.1. The average molecular weight is 366 g/mol. The molecule has 0 fully saturated rings. The van der Waals surface area contributed by atoms with Crippen molar-refractivity contribution in [1.29, 1.82) is 0 Å². The Kier molecular flexibility index (Phi) is 5.76. The second-order valence-electron chi connectivity index (χ2n) is 5.62. The lowest BCUT2D eigenvalue weighted by Gasteiger charge is -2.13. The van der Waals surface area contributed by atoms with Crippen LogP contribution in [0.4, 0.5) is 10.1 Å². The van der Waals surface area contributed by atoms with E-state index in [4.69, 9.17) is 0 Å². The molecule has 0 radical (unpaired) electrons. The Balaban J connectivity index is 2.30. The summed E-state index contributed by atoms with van der Waals surface area (Å²) in [6.07, 6.45) is -0.727. The number of anilines is 1. The Hall–Kier alpha value is -2.45. The summed E-state index contributed by atoms with van der Waals surface area (Å²) in [4.78, 5) is 12.1. The van der Waals surface area contributed by atoms with Crippen molar-refractivity contribution in [2.24, 2.45) is 0 Å². The van der Waals surface area contributed by atoms with Crippen LogP contribution >= 0.6 is 0 Å². The molecule has 1 amide bonds. The molecule has 3 N–H and O–H groups in total. The number of aryl methyl sites for hydroxylation is 1. The molecule has 134 valence electrons. The van der Waals surface area contributed by atoms with Crippen LogP contribution in [0, 0.1) is 12.7 Å². The van der Waals surface area contributed by atoms with E-state index in [-0.39, 0.29) is 28.3 Å². The molecule has 2 rings (SSSR count). The Morgan fingerprint density at radius 1 is 1.24 bits per heavy atom. The van der Waals surface area contributed by atoms with Gasteiger partial charge in [0.15, 0.2) is 0 Å². The van der Waals surface area contributed by atoms with Gasteiger partial charge in [-0.25, -0.2) is 12.8 Å². The SMILES string of the molecule is Cc1cc(S(=O)(=O)Nc2ccccc2C(=O)NCC(C)O)ccc1F. The van der Waals surface area contributed by atoms with Gasteiger partial charge in [0.25, 0.3) is 15.9 Å². The molecular weight excluding hydrogens is 347 g/mol. The Morgan fingerprint density at radius 2 is 1.92 bits per heavy atom. The number of benzene rings is 2. The van der Waals surface area contributed by atoms with Crippen molar-refractivity contribution < 1.29 is 22.7 Å². The van der Waals surface area contributed by atoms with Crippen LogP contribution < -0.4 is 10.0 Å². The van der Waals surface area contributed by atoms with Gasteiger partial charge >= 0.3 is 0 Å². The van der Waals surface area contributed by atoms with Crippen LogP contribution in [0.15, 0.2) is 47.4 Å². The lowest BCUT2D eigenvalue weighted by Crippen LogP contribution is -2.31. The van der Waals surface area contributed by atoms with Gasteiger partial charge in [-0.2, -0.15) is 0 Å². The van der Waals surface area contributed by atoms with Crippen molar-refractivity contribution in [1.82, 2.24) is 5.32 Å². The number of nitrogens with one attached hydrogen (secondary N) is 2. The number of rotatable bonds is 6. The summed E-state index contributed by atoms with van der Waals surface area (Å²) in [7, 11) is -3.99. The van der Waals surface area contributed by atoms with Gasteiger partial charge in [-0.15, -0.1) is 0 Å². The van der Waals surface area contributed by atoms with E-state index >= 15 is 0 Å². The van der Waals surface area contributed by atoms with Crippen LogP contribution in [0.2, 0.25) is 0 Å². The number of sulfonamides is 1. The molecule has 0 aliphatic rings. The van der Waals surface area contributed by atoms with E-state index in [1.807, 2.05) is 0 Å². The highest BCUT2D eigenvalue weighted by atomic mass is 32.2. The zero-order valence-electron chi connectivity index (χ0n) is 13.8. The normalized spacial score (nSPS) is 12.5. The molecule has 0 aliphatic heterocycles. The highest BCUT2D eigenvalue weighted by Crippen LogP contribution is 2.21. The minimum absolute atomic E-state index is 0.0388. The van der Waals surface area contributed by atoms with Crippen molar-refractivity contribution in [3.8, 4) is 0 Å². The predicted molar refractivity (Wildman–Crippen MR) is 92.4 cm³/mol. The first-order valence-electron chi connectivity index (χ1n) is 7.55. The fourth-order valence-electron chi connectivity index (χ4n) is 2.09. The molecular formula is C17H19FN2O4S. The molecule has 1 unspecified atom stereocenters. The molecule has 2 aromatic carbocycles. The minimum atomic E-state index is -3.99. The van der Waals surface area contributed by atoms with Crippen molar-refractivity contribution in [2.75, 3.05) is 11.3 Å². The first-order chi connectivity index (χ1) is 11.7. The van der Waals surface area contributed by atoms with E-state index in [2.05, 4.69) is 10.0 Å². The van der Waals surface area contributed by atoms with Gasteiger partial charge in [0.05, 0.1) is 22.3 Å². The van der Waals surface area contributed by atoms with Crippen molar-refractivity contribution in [3.63, 3.8) is 0 Å². The summed E-state index contributed by atoms with van der Waals surface area (Å²) in [5.74, 6) is -1.02. The molecule has 0 saturated heterocycles.